The van der Waals surface area contributed by atoms with Crippen LogP contribution < -0.4 is 5.32 Å². The lowest BCUT2D eigenvalue weighted by molar-refractivity contribution is -0.153. The number of carbonyl (C=O) groups is 3. The molecule has 0 unspecified atom stereocenters. The average Bonchev–Trinajstić information content (AvgIpc) is 3.35. The molecule has 1 aromatic heterocycles. The van der Waals surface area contributed by atoms with Gasteiger partial charge in [-0.15, -0.1) is 0 Å². The lowest BCUT2D eigenvalue weighted by atomic mass is 9.92. The highest BCUT2D eigenvalue weighted by atomic mass is 16.5. The molecule has 1 saturated heterocycles. The number of aromatic nitrogens is 1. The quantitative estimate of drug-likeness (QED) is 0.617. The van der Waals surface area contributed by atoms with Crippen molar-refractivity contribution in [1.29, 1.82) is 0 Å². The molecule has 2 N–H and O–H groups in total. The number of para-hydroxylation sites is 1. The number of H-pyrrole nitrogens is 1. The van der Waals surface area contributed by atoms with E-state index < -0.39 is 24.1 Å². The summed E-state index contributed by atoms with van der Waals surface area (Å²) in [6.07, 6.45) is 0.0324. The summed E-state index contributed by atoms with van der Waals surface area (Å²) < 4.78 is 10.3. The first-order valence-corrected chi connectivity index (χ1v) is 10.5. The molecule has 2 aliphatic rings. The molecule has 5 rings (SSSR count). The summed E-state index contributed by atoms with van der Waals surface area (Å²) in [5.41, 5.74) is 3.72. The average molecular weight is 433 g/mol. The summed E-state index contributed by atoms with van der Waals surface area (Å²) in [4.78, 5) is 43.2. The van der Waals surface area contributed by atoms with Gasteiger partial charge in [0, 0.05) is 29.4 Å². The van der Waals surface area contributed by atoms with E-state index in [0.29, 0.717) is 12.8 Å². The van der Waals surface area contributed by atoms with Gasteiger partial charge in [-0.3, -0.25) is 4.79 Å². The van der Waals surface area contributed by atoms with E-state index in [4.69, 9.17) is 9.47 Å². The van der Waals surface area contributed by atoms with E-state index in [2.05, 4.69) is 10.3 Å². The molecule has 3 aromatic rings. The number of rotatable bonds is 4. The van der Waals surface area contributed by atoms with Gasteiger partial charge in [0.05, 0.1) is 13.2 Å². The van der Waals surface area contributed by atoms with Crippen molar-refractivity contribution < 1.29 is 23.9 Å². The highest BCUT2D eigenvalue weighted by Crippen LogP contribution is 2.43. The van der Waals surface area contributed by atoms with Gasteiger partial charge in [-0.2, -0.15) is 0 Å². The molecule has 2 aromatic carbocycles. The maximum absolute atomic E-state index is 13.2. The lowest BCUT2D eigenvalue weighted by Crippen LogP contribution is -2.50. The monoisotopic (exact) mass is 433 g/mol. The molecule has 2 amide bonds. The first kappa shape index (κ1) is 20.1. The van der Waals surface area contributed by atoms with Crippen LogP contribution in [0, 0.1) is 0 Å². The Morgan fingerprint density at radius 3 is 2.66 bits per heavy atom. The molecule has 164 valence electrons. The smallest absolute Gasteiger partial charge is 0.408 e. The molecule has 8 heteroatoms. The standard InChI is InChI=1S/C24H23N3O5/c1-31-23(29)20-11-16-15-9-5-6-10-17(15)25-21(16)19-12-18(22(28)27(19)20)26-24(30)32-13-14-7-3-2-4-8-14/h2-10,18-20,25H,11-13H2,1H3,(H,26,30)/t18-,19-,20+/m1/s1. The van der Waals surface area contributed by atoms with Crippen LogP contribution in [0.5, 0.6) is 0 Å². The van der Waals surface area contributed by atoms with Crippen LogP contribution in [-0.2, 0) is 32.1 Å². The number of hydrogen-bond donors (Lipinski definition) is 2. The molecular weight excluding hydrogens is 410 g/mol. The highest BCUT2D eigenvalue weighted by Gasteiger charge is 2.51. The third-order valence-corrected chi connectivity index (χ3v) is 6.24. The second kappa shape index (κ2) is 8.03. The van der Waals surface area contributed by atoms with Crippen molar-refractivity contribution in [3.05, 3.63) is 71.4 Å². The number of nitrogens with zero attached hydrogens (tertiary/aromatic N) is 1. The summed E-state index contributed by atoms with van der Waals surface area (Å²) in [5.74, 6) is -0.780. The van der Waals surface area contributed by atoms with Crippen LogP contribution in [0.4, 0.5) is 4.79 Å². The maximum Gasteiger partial charge on any atom is 0.408 e. The minimum absolute atomic E-state index is 0.109. The Hall–Kier alpha value is -3.81. The van der Waals surface area contributed by atoms with Crippen LogP contribution in [0.15, 0.2) is 54.6 Å². The number of aromatic amines is 1. The van der Waals surface area contributed by atoms with E-state index in [1.54, 1.807) is 4.90 Å². The summed E-state index contributed by atoms with van der Waals surface area (Å²) in [6.45, 7) is 0.109. The van der Waals surface area contributed by atoms with E-state index in [1.807, 2.05) is 54.6 Å². The van der Waals surface area contributed by atoms with Crippen LogP contribution >= 0.6 is 0 Å². The zero-order valence-electron chi connectivity index (χ0n) is 17.5. The van der Waals surface area contributed by atoms with E-state index in [-0.39, 0.29) is 18.6 Å². The molecule has 3 heterocycles. The van der Waals surface area contributed by atoms with Crippen molar-refractivity contribution in [2.45, 2.75) is 37.6 Å². The number of benzene rings is 2. The zero-order chi connectivity index (χ0) is 22.2. The lowest BCUT2D eigenvalue weighted by Gasteiger charge is -2.35. The van der Waals surface area contributed by atoms with E-state index in [0.717, 1.165) is 27.7 Å². The predicted molar refractivity (Wildman–Crippen MR) is 116 cm³/mol. The fourth-order valence-corrected chi connectivity index (χ4v) is 4.78. The molecule has 3 atom stereocenters. The fraction of sp³-hybridized carbons (Fsp3) is 0.292. The largest absolute Gasteiger partial charge is 0.467 e. The molecule has 0 radical (unpaired) electrons. The molecule has 32 heavy (non-hydrogen) atoms. The highest BCUT2D eigenvalue weighted by molar-refractivity contribution is 5.94. The van der Waals surface area contributed by atoms with Crippen molar-refractivity contribution in [1.82, 2.24) is 15.2 Å². The van der Waals surface area contributed by atoms with E-state index in [1.165, 1.54) is 7.11 Å². The number of fused-ring (bicyclic) bond motifs is 5. The predicted octanol–water partition coefficient (Wildman–Crippen LogP) is 2.83. The first-order valence-electron chi connectivity index (χ1n) is 10.5. The second-order valence-electron chi connectivity index (χ2n) is 8.06. The number of carbonyl (C=O) groups excluding carboxylic acids is 3. The van der Waals surface area contributed by atoms with Gasteiger partial charge in [0.2, 0.25) is 5.91 Å². The van der Waals surface area contributed by atoms with E-state index >= 15 is 0 Å². The van der Waals surface area contributed by atoms with Gasteiger partial charge in [-0.25, -0.2) is 9.59 Å². The molecule has 1 fully saturated rings. The SMILES string of the molecule is COC(=O)[C@@H]1Cc2c([nH]c3ccccc23)[C@H]2C[C@@H](NC(=O)OCc3ccccc3)C(=O)N21. The van der Waals surface area contributed by atoms with E-state index in [9.17, 15) is 14.4 Å². The Bertz CT molecular complexity index is 1190. The number of methoxy groups -OCH3 is 1. The molecule has 0 aliphatic carbocycles. The Morgan fingerprint density at radius 1 is 1.12 bits per heavy atom. The van der Waals surface area contributed by atoms with Gasteiger partial charge in [0.1, 0.15) is 18.7 Å². The van der Waals surface area contributed by atoms with Crippen molar-refractivity contribution in [2.75, 3.05) is 7.11 Å². The third-order valence-electron chi connectivity index (χ3n) is 6.24. The Kier molecular flexibility index (Phi) is 5.05. The summed E-state index contributed by atoms with van der Waals surface area (Å²) in [6, 6.07) is 15.3. The Labute approximate surface area is 184 Å². The van der Waals surface area contributed by atoms with Crippen LogP contribution in [0.25, 0.3) is 10.9 Å². The van der Waals surface area contributed by atoms with Crippen molar-refractivity contribution >= 4 is 28.9 Å². The summed E-state index contributed by atoms with van der Waals surface area (Å²) in [7, 11) is 1.32. The van der Waals surface area contributed by atoms with Gasteiger partial charge in [0.15, 0.2) is 0 Å². The van der Waals surface area contributed by atoms with Gasteiger partial charge < -0.3 is 24.7 Å². The minimum atomic E-state index is -0.784. The fourth-order valence-electron chi connectivity index (χ4n) is 4.78. The third kappa shape index (κ3) is 3.37. The number of ether oxygens (including phenoxy) is 2. The van der Waals surface area contributed by atoms with Gasteiger partial charge in [-0.05, 0) is 17.2 Å². The Balaban J connectivity index is 1.39. The molecular formula is C24H23N3O5. The van der Waals surface area contributed by atoms with Crippen LogP contribution in [-0.4, -0.2) is 47.0 Å². The van der Waals surface area contributed by atoms with Crippen molar-refractivity contribution in [2.24, 2.45) is 0 Å². The zero-order valence-corrected chi connectivity index (χ0v) is 17.5. The Morgan fingerprint density at radius 2 is 1.88 bits per heavy atom. The minimum Gasteiger partial charge on any atom is -0.467 e. The van der Waals surface area contributed by atoms with Gasteiger partial charge >= 0.3 is 12.1 Å². The first-order chi connectivity index (χ1) is 15.6. The molecule has 8 nitrogen and oxygen atoms in total. The summed E-state index contributed by atoms with van der Waals surface area (Å²) in [5, 5.41) is 3.71. The topological polar surface area (TPSA) is 101 Å². The number of hydrogen-bond acceptors (Lipinski definition) is 5. The molecule has 0 saturated carbocycles. The number of nitrogens with one attached hydrogen (secondary N) is 2. The van der Waals surface area contributed by atoms with Gasteiger partial charge in [0.25, 0.3) is 0 Å². The second-order valence-corrected chi connectivity index (χ2v) is 8.06. The van der Waals surface area contributed by atoms with Crippen molar-refractivity contribution in [3.8, 4) is 0 Å². The molecule has 0 spiro atoms. The maximum atomic E-state index is 13.2. The van der Waals surface area contributed by atoms with Crippen LogP contribution in [0.3, 0.4) is 0 Å². The van der Waals surface area contributed by atoms with Crippen LogP contribution in [0.1, 0.15) is 29.3 Å². The molecule has 0 bridgehead atoms. The summed E-state index contributed by atoms with van der Waals surface area (Å²) >= 11 is 0. The van der Waals surface area contributed by atoms with Gasteiger partial charge in [-0.1, -0.05) is 48.5 Å². The normalized spacial score (nSPS) is 21.7. The molecule has 2 aliphatic heterocycles. The number of amides is 2. The van der Waals surface area contributed by atoms with Crippen molar-refractivity contribution in [3.63, 3.8) is 0 Å². The number of esters is 1. The number of alkyl carbamates (subject to hydrolysis) is 1. The van der Waals surface area contributed by atoms with Crippen LogP contribution in [0.2, 0.25) is 0 Å².